The van der Waals surface area contributed by atoms with Crippen LogP contribution in [0.15, 0.2) is 30.3 Å². The highest BCUT2D eigenvalue weighted by Gasteiger charge is 2.27. The van der Waals surface area contributed by atoms with Crippen LogP contribution in [0.25, 0.3) is 0 Å². The van der Waals surface area contributed by atoms with Crippen LogP contribution in [0.2, 0.25) is 0 Å². The van der Waals surface area contributed by atoms with Gasteiger partial charge in [-0.05, 0) is 12.1 Å². The highest BCUT2D eigenvalue weighted by molar-refractivity contribution is 6.02. The van der Waals surface area contributed by atoms with Crippen LogP contribution in [0.3, 0.4) is 0 Å². The molecule has 100 valence electrons. The second-order valence-corrected chi connectivity index (χ2v) is 3.95. The molecule has 3 N–H and O–H groups in total. The van der Waals surface area contributed by atoms with Crippen molar-refractivity contribution in [1.82, 2.24) is 15.5 Å². The Kier molecular flexibility index (Phi) is 3.97. The number of hydrogen-bond donors (Lipinski definition) is 3. The monoisotopic (exact) mass is 262 g/mol. The van der Waals surface area contributed by atoms with Gasteiger partial charge < -0.3 is 16.0 Å². The van der Waals surface area contributed by atoms with Crippen molar-refractivity contribution in [2.45, 2.75) is 0 Å². The van der Waals surface area contributed by atoms with Crippen molar-refractivity contribution in [3.63, 3.8) is 0 Å². The van der Waals surface area contributed by atoms with Crippen molar-refractivity contribution >= 4 is 23.7 Å². The van der Waals surface area contributed by atoms with E-state index in [0.717, 1.165) is 4.90 Å². The summed E-state index contributed by atoms with van der Waals surface area (Å²) in [6.45, 7) is 0.389. The smallest absolute Gasteiger partial charge is 0.324 e. The minimum Gasteiger partial charge on any atom is -0.336 e. The van der Waals surface area contributed by atoms with Gasteiger partial charge in [0.1, 0.15) is 0 Å². The van der Waals surface area contributed by atoms with Gasteiger partial charge in [-0.15, -0.1) is 0 Å². The van der Waals surface area contributed by atoms with Gasteiger partial charge in [-0.2, -0.15) is 0 Å². The van der Waals surface area contributed by atoms with Gasteiger partial charge in [0.15, 0.2) is 0 Å². The zero-order valence-corrected chi connectivity index (χ0v) is 10.2. The van der Waals surface area contributed by atoms with Gasteiger partial charge in [-0.25, -0.2) is 9.59 Å². The number of imide groups is 1. The van der Waals surface area contributed by atoms with Crippen molar-refractivity contribution in [1.29, 1.82) is 0 Å². The molecule has 1 saturated heterocycles. The third-order valence-corrected chi connectivity index (χ3v) is 2.59. The van der Waals surface area contributed by atoms with Crippen LogP contribution in [-0.4, -0.2) is 42.5 Å². The summed E-state index contributed by atoms with van der Waals surface area (Å²) in [4.78, 5) is 35.1. The van der Waals surface area contributed by atoms with Crippen molar-refractivity contribution in [3.8, 4) is 0 Å². The van der Waals surface area contributed by atoms with Crippen LogP contribution < -0.4 is 16.0 Å². The number of anilines is 1. The number of hydrogen-bond acceptors (Lipinski definition) is 3. The zero-order chi connectivity index (χ0) is 13.7. The Bertz CT molecular complexity index is 473. The lowest BCUT2D eigenvalue weighted by Crippen LogP contribution is -2.39. The number of nitrogens with zero attached hydrogens (tertiary/aromatic N) is 1. The van der Waals surface area contributed by atoms with Crippen LogP contribution >= 0.6 is 0 Å². The molecule has 0 bridgehead atoms. The van der Waals surface area contributed by atoms with Crippen LogP contribution in [0.5, 0.6) is 0 Å². The first-order valence-electron chi connectivity index (χ1n) is 5.85. The third-order valence-electron chi connectivity index (χ3n) is 2.59. The van der Waals surface area contributed by atoms with Crippen molar-refractivity contribution < 1.29 is 14.4 Å². The van der Waals surface area contributed by atoms with E-state index in [-0.39, 0.29) is 31.6 Å². The first kappa shape index (κ1) is 12.9. The summed E-state index contributed by atoms with van der Waals surface area (Å²) in [6, 6.07) is 8.19. The summed E-state index contributed by atoms with van der Waals surface area (Å²) in [5.74, 6) is -0.282. The molecule has 0 spiro atoms. The lowest BCUT2D eigenvalue weighted by atomic mass is 10.3. The maximum Gasteiger partial charge on any atom is 0.324 e. The van der Waals surface area contributed by atoms with Crippen molar-refractivity contribution in [2.24, 2.45) is 0 Å². The molecule has 0 radical (unpaired) electrons. The molecule has 1 fully saturated rings. The van der Waals surface area contributed by atoms with Gasteiger partial charge in [-0.3, -0.25) is 9.69 Å². The maximum absolute atomic E-state index is 11.5. The van der Waals surface area contributed by atoms with E-state index >= 15 is 0 Å². The van der Waals surface area contributed by atoms with Crippen LogP contribution in [0.4, 0.5) is 15.3 Å². The van der Waals surface area contributed by atoms with Gasteiger partial charge >= 0.3 is 12.1 Å². The molecule has 0 unspecified atom stereocenters. The fourth-order valence-corrected chi connectivity index (χ4v) is 1.66. The Labute approximate surface area is 110 Å². The Morgan fingerprint density at radius 3 is 2.63 bits per heavy atom. The summed E-state index contributed by atoms with van der Waals surface area (Å²) < 4.78 is 0. The fourth-order valence-electron chi connectivity index (χ4n) is 1.66. The predicted octanol–water partition coefficient (Wildman–Crippen LogP) is 0.360. The first-order chi connectivity index (χ1) is 9.16. The first-order valence-corrected chi connectivity index (χ1v) is 5.85. The summed E-state index contributed by atoms with van der Waals surface area (Å²) in [7, 11) is 0. The molecule has 2 rings (SSSR count). The average molecular weight is 262 g/mol. The van der Waals surface area contributed by atoms with Crippen molar-refractivity contribution in [2.75, 3.05) is 25.0 Å². The standard InChI is InChI=1S/C12H14N4O3/c17-10-8-14-12(19)16(10)7-6-13-11(18)15-9-4-2-1-3-5-9/h1-5H,6-8H2,(H,14,19)(H2,13,15,18). The molecule has 7 nitrogen and oxygen atoms in total. The second-order valence-electron chi connectivity index (χ2n) is 3.95. The number of urea groups is 2. The molecule has 7 heteroatoms. The SMILES string of the molecule is O=C(NCCN1C(=O)CNC1=O)Nc1ccccc1. The molecule has 5 amide bonds. The largest absolute Gasteiger partial charge is 0.336 e. The van der Waals surface area contributed by atoms with E-state index in [4.69, 9.17) is 0 Å². The number of amides is 5. The fraction of sp³-hybridized carbons (Fsp3) is 0.250. The van der Waals surface area contributed by atoms with Gasteiger partial charge in [0.25, 0.3) is 0 Å². The van der Waals surface area contributed by atoms with E-state index in [1.807, 2.05) is 18.2 Å². The second kappa shape index (κ2) is 5.85. The third kappa shape index (κ3) is 3.44. The number of rotatable bonds is 4. The molecule has 0 aromatic heterocycles. The van der Waals surface area contributed by atoms with Crippen molar-refractivity contribution in [3.05, 3.63) is 30.3 Å². The Hall–Kier alpha value is -2.57. The molecule has 0 saturated carbocycles. The normalized spacial score (nSPS) is 14.2. The molecule has 1 aromatic carbocycles. The molecule has 1 aliphatic rings. The lowest BCUT2D eigenvalue weighted by Gasteiger charge is -2.13. The van der Waals surface area contributed by atoms with E-state index in [2.05, 4.69) is 16.0 Å². The minimum absolute atomic E-state index is 0.0229. The van der Waals surface area contributed by atoms with E-state index in [1.54, 1.807) is 12.1 Å². The van der Waals surface area contributed by atoms with Crippen LogP contribution in [-0.2, 0) is 4.79 Å². The predicted molar refractivity (Wildman–Crippen MR) is 68.6 cm³/mol. The number of carbonyl (C=O) groups excluding carboxylic acids is 3. The van der Waals surface area contributed by atoms with E-state index in [0.29, 0.717) is 5.69 Å². The molecular formula is C12H14N4O3. The zero-order valence-electron chi connectivity index (χ0n) is 10.2. The molecule has 0 atom stereocenters. The Morgan fingerprint density at radius 2 is 2.00 bits per heavy atom. The Balaban J connectivity index is 1.72. The average Bonchev–Trinajstić information content (AvgIpc) is 2.71. The summed E-state index contributed by atoms with van der Waals surface area (Å²) in [6.07, 6.45) is 0. The van der Waals surface area contributed by atoms with Gasteiger partial charge in [-0.1, -0.05) is 18.2 Å². The molecule has 1 aromatic rings. The number of carbonyl (C=O) groups is 3. The molecular weight excluding hydrogens is 248 g/mol. The highest BCUT2D eigenvalue weighted by Crippen LogP contribution is 2.04. The topological polar surface area (TPSA) is 90.5 Å². The lowest BCUT2D eigenvalue weighted by molar-refractivity contribution is -0.124. The van der Waals surface area contributed by atoms with Gasteiger partial charge in [0.05, 0.1) is 6.54 Å². The highest BCUT2D eigenvalue weighted by atomic mass is 16.2. The van der Waals surface area contributed by atoms with E-state index < -0.39 is 6.03 Å². The summed E-state index contributed by atoms with van der Waals surface area (Å²) in [5.41, 5.74) is 0.676. The van der Waals surface area contributed by atoms with E-state index in [9.17, 15) is 14.4 Å². The molecule has 1 heterocycles. The Morgan fingerprint density at radius 1 is 1.26 bits per heavy atom. The maximum atomic E-state index is 11.5. The van der Waals surface area contributed by atoms with Crippen LogP contribution in [0.1, 0.15) is 0 Å². The summed E-state index contributed by atoms with van der Waals surface area (Å²) >= 11 is 0. The molecule has 1 aliphatic heterocycles. The van der Waals surface area contributed by atoms with Gasteiger partial charge in [0.2, 0.25) is 5.91 Å². The quantitative estimate of drug-likeness (QED) is 0.684. The van der Waals surface area contributed by atoms with Gasteiger partial charge in [0, 0.05) is 18.8 Å². The number of benzene rings is 1. The van der Waals surface area contributed by atoms with E-state index in [1.165, 1.54) is 0 Å². The number of para-hydroxylation sites is 1. The minimum atomic E-state index is -0.421. The molecule has 19 heavy (non-hydrogen) atoms. The summed E-state index contributed by atoms with van der Waals surface area (Å²) in [5, 5.41) is 7.62. The number of nitrogens with one attached hydrogen (secondary N) is 3. The van der Waals surface area contributed by atoms with Crippen LogP contribution in [0, 0.1) is 0 Å². The molecule has 0 aliphatic carbocycles.